The van der Waals surface area contributed by atoms with E-state index in [1.807, 2.05) is 61.7 Å². The summed E-state index contributed by atoms with van der Waals surface area (Å²) in [5.41, 5.74) is 4.03. The molecule has 0 bridgehead atoms. The van der Waals surface area contributed by atoms with Crippen molar-refractivity contribution in [1.82, 2.24) is 4.40 Å². The summed E-state index contributed by atoms with van der Waals surface area (Å²) in [4.78, 5) is 26.0. The number of carbonyl (C=O) groups excluding carboxylic acids is 2. The van der Waals surface area contributed by atoms with E-state index in [0.717, 1.165) is 11.1 Å². The number of fused-ring (bicyclic) bond motifs is 1. The molecule has 0 radical (unpaired) electrons. The zero-order valence-electron chi connectivity index (χ0n) is 14.3. The SMILES string of the molecule is Cc1ccn2c(C(=O)c3ccccc3)cc(C(=O)c3ccccc3)c2c1. The summed E-state index contributed by atoms with van der Waals surface area (Å²) in [6.07, 6.45) is 1.85. The number of carbonyl (C=O) groups is 2. The van der Waals surface area contributed by atoms with Crippen molar-refractivity contribution >= 4 is 17.1 Å². The molecule has 4 rings (SSSR count). The highest BCUT2D eigenvalue weighted by Crippen LogP contribution is 2.23. The molecule has 26 heavy (non-hydrogen) atoms. The predicted molar refractivity (Wildman–Crippen MR) is 102 cm³/mol. The van der Waals surface area contributed by atoms with Crippen LogP contribution in [0.4, 0.5) is 0 Å². The van der Waals surface area contributed by atoms with E-state index >= 15 is 0 Å². The number of hydrogen-bond acceptors (Lipinski definition) is 2. The topological polar surface area (TPSA) is 38.5 Å². The van der Waals surface area contributed by atoms with Crippen LogP contribution in [0.15, 0.2) is 85.1 Å². The molecule has 0 amide bonds. The Balaban J connectivity index is 1.91. The van der Waals surface area contributed by atoms with Crippen LogP contribution in [0.3, 0.4) is 0 Å². The average Bonchev–Trinajstić information content (AvgIpc) is 3.06. The maximum Gasteiger partial charge on any atom is 0.209 e. The standard InChI is InChI=1S/C23H17NO2/c1-16-12-13-24-20(14-16)19(22(25)17-8-4-2-5-9-17)15-21(24)23(26)18-10-6-3-7-11-18/h2-15H,1H3. The molecule has 0 aliphatic carbocycles. The van der Waals surface area contributed by atoms with Crippen LogP contribution in [0.1, 0.15) is 37.5 Å². The molecule has 126 valence electrons. The highest BCUT2D eigenvalue weighted by molar-refractivity contribution is 6.17. The number of aryl methyl sites for hydroxylation is 1. The first kappa shape index (κ1) is 16.0. The monoisotopic (exact) mass is 339 g/mol. The van der Waals surface area contributed by atoms with Gasteiger partial charge in [-0.05, 0) is 30.7 Å². The summed E-state index contributed by atoms with van der Waals surface area (Å²) in [5, 5.41) is 0. The molecule has 0 saturated heterocycles. The third-order valence-electron chi connectivity index (χ3n) is 4.48. The molecule has 3 heteroatoms. The van der Waals surface area contributed by atoms with Crippen LogP contribution in [0.25, 0.3) is 5.52 Å². The second-order valence-electron chi connectivity index (χ2n) is 6.29. The van der Waals surface area contributed by atoms with E-state index < -0.39 is 0 Å². The molecular weight excluding hydrogens is 322 g/mol. The lowest BCUT2D eigenvalue weighted by molar-refractivity contribution is 0.103. The van der Waals surface area contributed by atoms with Gasteiger partial charge in [-0.15, -0.1) is 0 Å². The van der Waals surface area contributed by atoms with Crippen LogP contribution >= 0.6 is 0 Å². The fourth-order valence-electron chi connectivity index (χ4n) is 3.14. The van der Waals surface area contributed by atoms with E-state index in [1.165, 1.54) is 0 Å². The number of ketones is 2. The Kier molecular flexibility index (Phi) is 3.98. The van der Waals surface area contributed by atoms with E-state index in [9.17, 15) is 9.59 Å². The van der Waals surface area contributed by atoms with Crippen molar-refractivity contribution in [2.75, 3.05) is 0 Å². The molecule has 2 aromatic carbocycles. The quantitative estimate of drug-likeness (QED) is 0.505. The molecule has 4 aromatic rings. The third kappa shape index (κ3) is 2.74. The highest BCUT2D eigenvalue weighted by Gasteiger charge is 2.21. The van der Waals surface area contributed by atoms with Crippen LogP contribution in [-0.2, 0) is 0 Å². The maximum absolute atomic E-state index is 13.0. The molecule has 0 spiro atoms. The Labute approximate surface area is 151 Å². The summed E-state index contributed by atoms with van der Waals surface area (Å²) in [6.45, 7) is 1.97. The molecule has 2 heterocycles. The van der Waals surface area contributed by atoms with Gasteiger partial charge in [0, 0.05) is 22.9 Å². The van der Waals surface area contributed by atoms with Gasteiger partial charge in [-0.25, -0.2) is 0 Å². The first-order valence-electron chi connectivity index (χ1n) is 8.46. The van der Waals surface area contributed by atoms with Crippen molar-refractivity contribution in [2.45, 2.75) is 6.92 Å². The minimum absolute atomic E-state index is 0.0826. The lowest BCUT2D eigenvalue weighted by atomic mass is 10.0. The number of rotatable bonds is 4. The number of benzene rings is 2. The van der Waals surface area contributed by atoms with E-state index in [4.69, 9.17) is 0 Å². The molecule has 0 atom stereocenters. The summed E-state index contributed by atoms with van der Waals surface area (Å²) < 4.78 is 1.80. The van der Waals surface area contributed by atoms with Gasteiger partial charge in [0.1, 0.15) is 0 Å². The average molecular weight is 339 g/mol. The molecule has 0 fully saturated rings. The highest BCUT2D eigenvalue weighted by atomic mass is 16.1. The largest absolute Gasteiger partial charge is 0.313 e. The zero-order valence-corrected chi connectivity index (χ0v) is 14.3. The molecule has 0 unspecified atom stereocenters. The summed E-state index contributed by atoms with van der Waals surface area (Å²) >= 11 is 0. The van der Waals surface area contributed by atoms with Crippen LogP contribution in [0, 0.1) is 6.92 Å². The van der Waals surface area contributed by atoms with Crippen LogP contribution < -0.4 is 0 Å². The van der Waals surface area contributed by atoms with Crippen LogP contribution in [0.2, 0.25) is 0 Å². The number of nitrogens with zero attached hydrogens (tertiary/aromatic N) is 1. The molecule has 3 nitrogen and oxygen atoms in total. The Morgan fingerprint density at radius 3 is 1.92 bits per heavy atom. The predicted octanol–water partition coefficient (Wildman–Crippen LogP) is 4.71. The normalized spacial score (nSPS) is 10.8. The smallest absolute Gasteiger partial charge is 0.209 e. The molecule has 0 aliphatic rings. The minimum atomic E-state index is -0.100. The Hall–Kier alpha value is -3.46. The van der Waals surface area contributed by atoms with Gasteiger partial charge in [0.2, 0.25) is 5.78 Å². The van der Waals surface area contributed by atoms with Gasteiger partial charge >= 0.3 is 0 Å². The molecule has 0 N–H and O–H groups in total. The van der Waals surface area contributed by atoms with Gasteiger partial charge in [-0.2, -0.15) is 0 Å². The molecule has 0 saturated carbocycles. The van der Waals surface area contributed by atoms with Crippen molar-refractivity contribution in [2.24, 2.45) is 0 Å². The Bertz CT molecular complexity index is 1110. The van der Waals surface area contributed by atoms with Crippen LogP contribution in [0.5, 0.6) is 0 Å². The van der Waals surface area contributed by atoms with E-state index in [0.29, 0.717) is 22.4 Å². The number of aromatic nitrogens is 1. The van der Waals surface area contributed by atoms with E-state index in [2.05, 4.69) is 0 Å². The second-order valence-corrected chi connectivity index (χ2v) is 6.29. The van der Waals surface area contributed by atoms with Crippen molar-refractivity contribution in [3.05, 3.63) is 113 Å². The molecule has 0 aliphatic heterocycles. The summed E-state index contributed by atoms with van der Waals surface area (Å²) in [6, 6.07) is 23.8. The van der Waals surface area contributed by atoms with Gasteiger partial charge in [-0.1, -0.05) is 60.7 Å². The van der Waals surface area contributed by atoms with Gasteiger partial charge in [-0.3, -0.25) is 9.59 Å². The minimum Gasteiger partial charge on any atom is -0.313 e. The number of pyridine rings is 1. The summed E-state index contributed by atoms with van der Waals surface area (Å²) in [7, 11) is 0. The first-order chi connectivity index (χ1) is 12.6. The van der Waals surface area contributed by atoms with Crippen molar-refractivity contribution in [3.63, 3.8) is 0 Å². The molecular formula is C23H17NO2. The fraction of sp³-hybridized carbons (Fsp3) is 0.0435. The molecule has 2 aromatic heterocycles. The van der Waals surface area contributed by atoms with E-state index in [-0.39, 0.29) is 11.6 Å². The first-order valence-corrected chi connectivity index (χ1v) is 8.46. The van der Waals surface area contributed by atoms with Gasteiger partial charge < -0.3 is 4.40 Å². The third-order valence-corrected chi connectivity index (χ3v) is 4.48. The van der Waals surface area contributed by atoms with Crippen molar-refractivity contribution in [3.8, 4) is 0 Å². The fourth-order valence-corrected chi connectivity index (χ4v) is 3.14. The Morgan fingerprint density at radius 1 is 0.731 bits per heavy atom. The van der Waals surface area contributed by atoms with Crippen molar-refractivity contribution < 1.29 is 9.59 Å². The van der Waals surface area contributed by atoms with Gasteiger partial charge in [0.15, 0.2) is 5.78 Å². The summed E-state index contributed by atoms with van der Waals surface area (Å²) in [5.74, 6) is -0.183. The zero-order chi connectivity index (χ0) is 18.1. The maximum atomic E-state index is 13.0. The van der Waals surface area contributed by atoms with Gasteiger partial charge in [0.25, 0.3) is 0 Å². The van der Waals surface area contributed by atoms with Crippen LogP contribution in [-0.4, -0.2) is 16.0 Å². The van der Waals surface area contributed by atoms with Crippen molar-refractivity contribution in [1.29, 1.82) is 0 Å². The van der Waals surface area contributed by atoms with Gasteiger partial charge in [0.05, 0.1) is 11.2 Å². The van der Waals surface area contributed by atoms with E-state index in [1.54, 1.807) is 34.7 Å². The lowest BCUT2D eigenvalue weighted by Gasteiger charge is -2.04. The Morgan fingerprint density at radius 2 is 1.31 bits per heavy atom. The second kappa shape index (κ2) is 6.45. The number of hydrogen-bond donors (Lipinski definition) is 0. The lowest BCUT2D eigenvalue weighted by Crippen LogP contribution is -2.04.